The van der Waals surface area contributed by atoms with Gasteiger partial charge >= 0.3 is 0 Å². The van der Waals surface area contributed by atoms with Gasteiger partial charge in [-0.3, -0.25) is 4.68 Å². The van der Waals surface area contributed by atoms with Crippen molar-refractivity contribution in [1.29, 1.82) is 0 Å². The Morgan fingerprint density at radius 3 is 2.12 bits per heavy atom. The Hall–Kier alpha value is -2.04. The lowest BCUT2D eigenvalue weighted by Gasteiger charge is -2.06. The Morgan fingerprint density at radius 2 is 1.69 bits per heavy atom. The standard InChI is InChI=1S/C11H13N3O2/c1-14-7-12-11(13-14)8-4-9(15-2)6-10(5-8)16-3/h4-7H,1-3H3. The molecule has 1 aromatic heterocycles. The normalized spacial score (nSPS) is 10.2. The average Bonchev–Trinajstić information content (AvgIpc) is 2.75. The maximum absolute atomic E-state index is 5.18. The van der Waals surface area contributed by atoms with Crippen LogP contribution in [0.15, 0.2) is 24.5 Å². The van der Waals surface area contributed by atoms with Crippen molar-refractivity contribution in [2.24, 2.45) is 7.05 Å². The second-order valence-corrected chi connectivity index (χ2v) is 3.34. The predicted octanol–water partition coefficient (Wildman–Crippen LogP) is 1.50. The number of ether oxygens (including phenoxy) is 2. The van der Waals surface area contributed by atoms with Gasteiger partial charge in [-0.05, 0) is 12.1 Å². The molecule has 0 fully saturated rings. The van der Waals surface area contributed by atoms with Crippen LogP contribution in [-0.2, 0) is 7.05 Å². The van der Waals surface area contributed by atoms with Crippen LogP contribution >= 0.6 is 0 Å². The minimum Gasteiger partial charge on any atom is -0.497 e. The van der Waals surface area contributed by atoms with Crippen LogP contribution in [-0.4, -0.2) is 29.0 Å². The number of methoxy groups -OCH3 is 2. The molecule has 2 rings (SSSR count). The fourth-order valence-corrected chi connectivity index (χ4v) is 1.41. The van der Waals surface area contributed by atoms with Gasteiger partial charge in [0.1, 0.15) is 17.8 Å². The summed E-state index contributed by atoms with van der Waals surface area (Å²) in [5.41, 5.74) is 0.872. The van der Waals surface area contributed by atoms with Crippen LogP contribution in [0.3, 0.4) is 0 Å². The van der Waals surface area contributed by atoms with Crippen LogP contribution < -0.4 is 9.47 Å². The summed E-state index contributed by atoms with van der Waals surface area (Å²) in [6.07, 6.45) is 1.65. The lowest BCUT2D eigenvalue weighted by molar-refractivity contribution is 0.394. The van der Waals surface area contributed by atoms with Crippen molar-refractivity contribution in [3.63, 3.8) is 0 Å². The van der Waals surface area contributed by atoms with Crippen molar-refractivity contribution >= 4 is 0 Å². The molecule has 0 N–H and O–H groups in total. The lowest BCUT2D eigenvalue weighted by atomic mass is 10.2. The minimum absolute atomic E-state index is 0.653. The molecule has 0 aliphatic rings. The third kappa shape index (κ3) is 1.98. The Morgan fingerprint density at radius 1 is 1.06 bits per heavy atom. The fourth-order valence-electron chi connectivity index (χ4n) is 1.41. The zero-order valence-corrected chi connectivity index (χ0v) is 9.47. The molecule has 5 heteroatoms. The third-order valence-electron chi connectivity index (χ3n) is 2.21. The van der Waals surface area contributed by atoms with Crippen LogP contribution in [0.25, 0.3) is 11.4 Å². The molecule has 0 bridgehead atoms. The van der Waals surface area contributed by atoms with E-state index in [9.17, 15) is 0 Å². The first-order chi connectivity index (χ1) is 7.72. The van der Waals surface area contributed by atoms with Crippen molar-refractivity contribution < 1.29 is 9.47 Å². The van der Waals surface area contributed by atoms with Crippen molar-refractivity contribution in [2.45, 2.75) is 0 Å². The summed E-state index contributed by atoms with van der Waals surface area (Å²) >= 11 is 0. The average molecular weight is 219 g/mol. The lowest BCUT2D eigenvalue weighted by Crippen LogP contribution is -1.91. The zero-order chi connectivity index (χ0) is 11.5. The molecule has 0 unspecified atom stereocenters. The van der Waals surface area contributed by atoms with Crippen LogP contribution in [0.2, 0.25) is 0 Å². The smallest absolute Gasteiger partial charge is 0.181 e. The van der Waals surface area contributed by atoms with E-state index in [0.29, 0.717) is 5.82 Å². The molecule has 1 aromatic carbocycles. The van der Waals surface area contributed by atoms with Crippen molar-refractivity contribution in [3.05, 3.63) is 24.5 Å². The predicted molar refractivity (Wildman–Crippen MR) is 59.5 cm³/mol. The van der Waals surface area contributed by atoms with Crippen molar-refractivity contribution in [1.82, 2.24) is 14.8 Å². The molecule has 0 aliphatic carbocycles. The Balaban J connectivity index is 2.47. The number of nitrogens with zero attached hydrogens (tertiary/aromatic N) is 3. The molecule has 0 spiro atoms. The van der Waals surface area contributed by atoms with Gasteiger partial charge in [0, 0.05) is 18.7 Å². The number of aryl methyl sites for hydroxylation is 1. The van der Waals surface area contributed by atoms with Crippen molar-refractivity contribution in [3.8, 4) is 22.9 Å². The minimum atomic E-state index is 0.653. The summed E-state index contributed by atoms with van der Waals surface area (Å²) in [6, 6.07) is 5.56. The monoisotopic (exact) mass is 219 g/mol. The topological polar surface area (TPSA) is 49.2 Å². The largest absolute Gasteiger partial charge is 0.497 e. The zero-order valence-electron chi connectivity index (χ0n) is 9.47. The van der Waals surface area contributed by atoms with Gasteiger partial charge in [0.15, 0.2) is 5.82 Å². The second kappa shape index (κ2) is 4.22. The highest BCUT2D eigenvalue weighted by Gasteiger charge is 2.07. The van der Waals surface area contributed by atoms with Gasteiger partial charge in [-0.25, -0.2) is 4.98 Å². The Bertz CT molecular complexity index is 471. The number of rotatable bonds is 3. The van der Waals surface area contributed by atoms with E-state index in [1.807, 2.05) is 25.2 Å². The number of aromatic nitrogens is 3. The number of benzene rings is 1. The molecule has 84 valence electrons. The molecule has 5 nitrogen and oxygen atoms in total. The summed E-state index contributed by atoms with van der Waals surface area (Å²) in [4.78, 5) is 4.18. The summed E-state index contributed by atoms with van der Waals surface area (Å²) in [5, 5.41) is 4.23. The van der Waals surface area contributed by atoms with Gasteiger partial charge in [-0.2, -0.15) is 5.10 Å². The maximum atomic E-state index is 5.18. The van der Waals surface area contributed by atoms with E-state index in [2.05, 4.69) is 10.1 Å². The molecule has 0 saturated heterocycles. The molecule has 0 radical (unpaired) electrons. The number of hydrogen-bond acceptors (Lipinski definition) is 4. The second-order valence-electron chi connectivity index (χ2n) is 3.34. The molecule has 16 heavy (non-hydrogen) atoms. The Labute approximate surface area is 93.6 Å². The summed E-state index contributed by atoms with van der Waals surface area (Å²) < 4.78 is 12.0. The van der Waals surface area contributed by atoms with Crippen LogP contribution in [0, 0.1) is 0 Å². The van der Waals surface area contributed by atoms with Gasteiger partial charge in [0.05, 0.1) is 14.2 Å². The molecule has 0 atom stereocenters. The van der Waals surface area contributed by atoms with E-state index < -0.39 is 0 Å². The first-order valence-electron chi connectivity index (χ1n) is 4.82. The van der Waals surface area contributed by atoms with Gasteiger partial charge in [-0.15, -0.1) is 0 Å². The van der Waals surface area contributed by atoms with E-state index in [1.54, 1.807) is 25.2 Å². The van der Waals surface area contributed by atoms with E-state index in [-0.39, 0.29) is 0 Å². The molecule has 2 aromatic rings. The number of hydrogen-bond donors (Lipinski definition) is 0. The summed E-state index contributed by atoms with van der Waals surface area (Å²) in [5.74, 6) is 2.10. The van der Waals surface area contributed by atoms with Crippen molar-refractivity contribution in [2.75, 3.05) is 14.2 Å². The molecular formula is C11H13N3O2. The maximum Gasteiger partial charge on any atom is 0.181 e. The molecule has 0 amide bonds. The highest BCUT2D eigenvalue weighted by Crippen LogP contribution is 2.27. The van der Waals surface area contributed by atoms with Gasteiger partial charge in [0.2, 0.25) is 0 Å². The fraction of sp³-hybridized carbons (Fsp3) is 0.273. The van der Waals surface area contributed by atoms with Crippen LogP contribution in [0.4, 0.5) is 0 Å². The Kier molecular flexibility index (Phi) is 2.76. The quantitative estimate of drug-likeness (QED) is 0.785. The molecule has 0 aliphatic heterocycles. The van der Waals surface area contributed by atoms with E-state index >= 15 is 0 Å². The van der Waals surface area contributed by atoms with Gasteiger partial charge in [0.25, 0.3) is 0 Å². The first-order valence-corrected chi connectivity index (χ1v) is 4.82. The molecular weight excluding hydrogens is 206 g/mol. The molecule has 1 heterocycles. The van der Waals surface area contributed by atoms with E-state index in [1.165, 1.54) is 0 Å². The first kappa shape index (κ1) is 10.5. The van der Waals surface area contributed by atoms with Gasteiger partial charge in [-0.1, -0.05) is 0 Å². The van der Waals surface area contributed by atoms with Crippen LogP contribution in [0.5, 0.6) is 11.5 Å². The summed E-state index contributed by atoms with van der Waals surface area (Å²) in [6.45, 7) is 0. The highest BCUT2D eigenvalue weighted by atomic mass is 16.5. The van der Waals surface area contributed by atoms with E-state index in [0.717, 1.165) is 17.1 Å². The van der Waals surface area contributed by atoms with Crippen LogP contribution in [0.1, 0.15) is 0 Å². The third-order valence-corrected chi connectivity index (χ3v) is 2.21. The molecule has 0 saturated carbocycles. The highest BCUT2D eigenvalue weighted by molar-refractivity contribution is 5.60. The van der Waals surface area contributed by atoms with Gasteiger partial charge < -0.3 is 9.47 Å². The summed E-state index contributed by atoms with van der Waals surface area (Å²) in [7, 11) is 5.06. The van der Waals surface area contributed by atoms with E-state index in [4.69, 9.17) is 9.47 Å². The SMILES string of the molecule is COc1cc(OC)cc(-c2ncn(C)n2)c1.